The van der Waals surface area contributed by atoms with Crippen LogP contribution in [0.2, 0.25) is 0 Å². The summed E-state index contributed by atoms with van der Waals surface area (Å²) in [6.45, 7) is 14.3. The van der Waals surface area contributed by atoms with E-state index in [1.165, 1.54) is 32.1 Å². The van der Waals surface area contributed by atoms with Gasteiger partial charge in [-0.3, -0.25) is 19.4 Å². The van der Waals surface area contributed by atoms with Gasteiger partial charge in [-0.25, -0.2) is 0 Å². The van der Waals surface area contributed by atoms with Crippen LogP contribution in [0.15, 0.2) is 0 Å². The summed E-state index contributed by atoms with van der Waals surface area (Å²) in [6.07, 6.45) is 9.68. The van der Waals surface area contributed by atoms with Crippen LogP contribution < -0.4 is 0 Å². The second-order valence-electron chi connectivity index (χ2n) is 9.00. The molecule has 2 aliphatic rings. The average Bonchev–Trinajstić information content (AvgIpc) is 2.74. The van der Waals surface area contributed by atoms with E-state index in [0.29, 0.717) is 24.9 Å². The third-order valence-corrected chi connectivity index (χ3v) is 6.69. The van der Waals surface area contributed by atoms with Gasteiger partial charge in [0.15, 0.2) is 0 Å². The van der Waals surface area contributed by atoms with Crippen LogP contribution in [0.5, 0.6) is 0 Å². The Hall–Kier alpha value is -1.14. The Labute approximate surface area is 178 Å². The Morgan fingerprint density at radius 2 is 1.07 bits per heavy atom. The van der Waals surface area contributed by atoms with Gasteiger partial charge in [-0.15, -0.1) is 0 Å². The van der Waals surface area contributed by atoms with Crippen LogP contribution in [0.25, 0.3) is 0 Å². The topological polar surface area (TPSA) is 47.1 Å². The van der Waals surface area contributed by atoms with E-state index in [-0.39, 0.29) is 11.8 Å². The first-order valence-electron chi connectivity index (χ1n) is 12.0. The lowest BCUT2D eigenvalue weighted by molar-refractivity contribution is -0.138. The monoisotopic (exact) mass is 408 g/mol. The van der Waals surface area contributed by atoms with E-state index in [4.69, 9.17) is 0 Å². The number of hydrogen-bond acceptors (Lipinski definition) is 4. The highest BCUT2D eigenvalue weighted by Crippen LogP contribution is 2.17. The molecule has 168 valence electrons. The summed E-state index contributed by atoms with van der Waals surface area (Å²) in [6, 6.07) is 0.778. The van der Waals surface area contributed by atoms with Crippen LogP contribution in [0.3, 0.4) is 0 Å². The summed E-state index contributed by atoms with van der Waals surface area (Å²) >= 11 is 0. The van der Waals surface area contributed by atoms with Crippen molar-refractivity contribution in [2.24, 2.45) is 0 Å². The Kier molecular flexibility index (Phi) is 10.4. The van der Waals surface area contributed by atoms with E-state index < -0.39 is 0 Å². The van der Waals surface area contributed by atoms with Gasteiger partial charge in [0.1, 0.15) is 0 Å². The Balaban J connectivity index is 1.54. The summed E-state index contributed by atoms with van der Waals surface area (Å²) in [4.78, 5) is 33.1. The Morgan fingerprint density at radius 3 is 1.45 bits per heavy atom. The first-order valence-corrected chi connectivity index (χ1v) is 12.0. The van der Waals surface area contributed by atoms with E-state index in [2.05, 4.69) is 33.4 Å². The van der Waals surface area contributed by atoms with Crippen molar-refractivity contribution in [3.05, 3.63) is 0 Å². The maximum absolute atomic E-state index is 12.1. The summed E-state index contributed by atoms with van der Waals surface area (Å²) in [5.41, 5.74) is 0. The predicted molar refractivity (Wildman–Crippen MR) is 118 cm³/mol. The van der Waals surface area contributed by atoms with E-state index in [9.17, 15) is 9.59 Å². The van der Waals surface area contributed by atoms with Crippen molar-refractivity contribution in [3.63, 3.8) is 0 Å². The maximum atomic E-state index is 12.1. The maximum Gasteiger partial charge on any atom is 0.223 e. The van der Waals surface area contributed by atoms with Crippen LogP contribution in [-0.4, -0.2) is 83.0 Å². The number of unbranched alkanes of at least 4 members (excludes halogenated alkanes) is 4. The minimum atomic E-state index is 0.286. The van der Waals surface area contributed by atoms with E-state index in [1.807, 2.05) is 13.8 Å². The van der Waals surface area contributed by atoms with Gasteiger partial charge < -0.3 is 9.80 Å². The van der Waals surface area contributed by atoms with Gasteiger partial charge in [0.05, 0.1) is 13.3 Å². The summed E-state index contributed by atoms with van der Waals surface area (Å²) in [5, 5.41) is 0. The molecule has 6 nitrogen and oxygen atoms in total. The van der Waals surface area contributed by atoms with Crippen molar-refractivity contribution in [1.82, 2.24) is 19.6 Å². The highest BCUT2D eigenvalue weighted by Gasteiger charge is 2.27. The van der Waals surface area contributed by atoms with Crippen molar-refractivity contribution < 1.29 is 9.59 Å². The summed E-state index contributed by atoms with van der Waals surface area (Å²) in [7, 11) is 0. The lowest BCUT2D eigenvalue weighted by atomic mass is 10.1. The molecule has 2 heterocycles. The zero-order chi connectivity index (χ0) is 21.2. The number of hydrogen-bond donors (Lipinski definition) is 0. The fourth-order valence-electron chi connectivity index (χ4n) is 4.52. The number of rotatable bonds is 10. The molecule has 0 bridgehead atoms. The molecule has 0 aromatic heterocycles. The van der Waals surface area contributed by atoms with Crippen LogP contribution in [-0.2, 0) is 9.59 Å². The van der Waals surface area contributed by atoms with Gasteiger partial charge in [-0.2, -0.15) is 0 Å². The molecule has 0 spiro atoms. The van der Waals surface area contributed by atoms with Gasteiger partial charge in [0.2, 0.25) is 11.8 Å². The summed E-state index contributed by atoms with van der Waals surface area (Å²) in [5.74, 6) is 0.571. The molecule has 0 aromatic rings. The third kappa shape index (κ3) is 7.56. The lowest BCUT2D eigenvalue weighted by Gasteiger charge is -2.40. The highest BCUT2D eigenvalue weighted by atomic mass is 16.2. The number of amides is 2. The van der Waals surface area contributed by atoms with E-state index in [1.54, 1.807) is 0 Å². The molecule has 0 aliphatic carbocycles. The van der Waals surface area contributed by atoms with Crippen molar-refractivity contribution >= 4 is 11.8 Å². The molecule has 6 heteroatoms. The molecular formula is C23H44N4O2. The quantitative estimate of drug-likeness (QED) is 0.519. The highest BCUT2D eigenvalue weighted by molar-refractivity contribution is 5.76. The fraction of sp³-hybridized carbons (Fsp3) is 0.913. The van der Waals surface area contributed by atoms with Crippen LogP contribution in [0.4, 0.5) is 0 Å². The molecular weight excluding hydrogens is 364 g/mol. The van der Waals surface area contributed by atoms with Crippen LogP contribution >= 0.6 is 0 Å². The van der Waals surface area contributed by atoms with Crippen molar-refractivity contribution in [1.29, 1.82) is 0 Å². The minimum Gasteiger partial charge on any atom is -0.327 e. The van der Waals surface area contributed by atoms with Gasteiger partial charge in [0.25, 0.3) is 0 Å². The van der Waals surface area contributed by atoms with Crippen LogP contribution in [0.1, 0.15) is 85.5 Å². The molecule has 2 fully saturated rings. The molecule has 2 aliphatic heterocycles. The number of nitrogens with zero attached hydrogens (tertiary/aromatic N) is 4. The zero-order valence-corrected chi connectivity index (χ0v) is 19.4. The van der Waals surface area contributed by atoms with Crippen LogP contribution in [0, 0.1) is 0 Å². The zero-order valence-electron chi connectivity index (χ0n) is 19.4. The fourth-order valence-corrected chi connectivity index (χ4v) is 4.52. The first-order chi connectivity index (χ1) is 14.0. The third-order valence-electron chi connectivity index (χ3n) is 6.69. The van der Waals surface area contributed by atoms with Gasteiger partial charge in [-0.1, -0.05) is 33.1 Å². The number of carbonyl (C=O) groups excluding carboxylic acids is 2. The molecule has 29 heavy (non-hydrogen) atoms. The van der Waals surface area contributed by atoms with Crippen molar-refractivity contribution in [2.45, 2.75) is 97.6 Å². The molecule has 0 N–H and O–H groups in total. The number of carbonyl (C=O) groups is 2. The Bertz CT molecular complexity index is 469. The van der Waals surface area contributed by atoms with Crippen molar-refractivity contribution in [3.8, 4) is 0 Å². The normalized spacial score (nSPS) is 24.1. The molecule has 2 amide bonds. The molecule has 0 unspecified atom stereocenters. The smallest absolute Gasteiger partial charge is 0.223 e. The molecule has 0 radical (unpaired) electrons. The minimum absolute atomic E-state index is 0.286. The second-order valence-corrected chi connectivity index (χ2v) is 9.00. The standard InChI is InChI=1S/C23H44N4O2/c1-5-22(28)26-18-24(16-12-20(26)3)14-10-8-7-9-11-15-25-17-13-21(4)27(19-25)23(29)6-2/h20-21H,5-19H2,1-4H3/t20-,21-/m1/s1. The SMILES string of the molecule is CCC(=O)N1CN(CCCCCCCN2CC[C@@H](C)N(C(=O)CC)C2)CC[C@H]1C. The molecule has 0 aromatic carbocycles. The van der Waals surface area contributed by atoms with Gasteiger partial charge >= 0.3 is 0 Å². The first kappa shape index (κ1) is 24.1. The van der Waals surface area contributed by atoms with Gasteiger partial charge in [-0.05, 0) is 52.6 Å². The lowest BCUT2D eigenvalue weighted by Crippen LogP contribution is -2.52. The molecule has 2 atom stereocenters. The van der Waals surface area contributed by atoms with E-state index >= 15 is 0 Å². The second kappa shape index (κ2) is 12.5. The molecule has 2 saturated heterocycles. The molecule has 0 saturated carbocycles. The van der Waals surface area contributed by atoms with E-state index in [0.717, 1.165) is 52.4 Å². The predicted octanol–water partition coefficient (Wildman–Crippen LogP) is 3.52. The summed E-state index contributed by atoms with van der Waals surface area (Å²) < 4.78 is 0. The molecule has 2 rings (SSSR count). The van der Waals surface area contributed by atoms with Gasteiger partial charge in [0, 0.05) is 38.0 Å². The average molecular weight is 409 g/mol. The van der Waals surface area contributed by atoms with Crippen molar-refractivity contribution in [2.75, 3.05) is 39.5 Å². The Morgan fingerprint density at radius 1 is 0.690 bits per heavy atom. The largest absolute Gasteiger partial charge is 0.327 e.